The average molecular weight is 331 g/mol. The van der Waals surface area contributed by atoms with Gasteiger partial charge in [0.15, 0.2) is 0 Å². The highest BCUT2D eigenvalue weighted by Gasteiger charge is 2.13. The zero-order valence-electron chi connectivity index (χ0n) is 15.2. The van der Waals surface area contributed by atoms with Gasteiger partial charge in [-0.05, 0) is 80.3 Å². The van der Waals surface area contributed by atoms with E-state index >= 15 is 0 Å². The van der Waals surface area contributed by atoms with Gasteiger partial charge in [0, 0.05) is 23.7 Å². The molecule has 0 unspecified atom stereocenters. The molecule has 0 saturated carbocycles. The molecular weight excluding hydrogens is 306 g/mol. The summed E-state index contributed by atoms with van der Waals surface area (Å²) in [5.74, 6) is 0. The predicted molar refractivity (Wildman–Crippen MR) is 106 cm³/mol. The summed E-state index contributed by atoms with van der Waals surface area (Å²) < 4.78 is 0. The van der Waals surface area contributed by atoms with Crippen LogP contribution >= 0.6 is 0 Å². The number of aliphatic hydroxyl groups is 1. The molecule has 25 heavy (non-hydrogen) atoms. The lowest BCUT2D eigenvalue weighted by molar-refractivity contribution is 0.299. The van der Waals surface area contributed by atoms with Crippen molar-refractivity contribution in [2.75, 3.05) is 11.5 Å². The van der Waals surface area contributed by atoms with Gasteiger partial charge in [-0.3, -0.25) is 0 Å². The van der Waals surface area contributed by atoms with E-state index in [1.807, 2.05) is 0 Å². The topological polar surface area (TPSA) is 23.5 Å². The molecule has 1 N–H and O–H groups in total. The summed E-state index contributed by atoms with van der Waals surface area (Å²) in [4.78, 5) is 2.27. The van der Waals surface area contributed by atoms with Gasteiger partial charge in [-0.15, -0.1) is 0 Å². The van der Waals surface area contributed by atoms with Gasteiger partial charge in [-0.25, -0.2) is 0 Å². The molecule has 0 aliphatic carbocycles. The third-order valence-corrected chi connectivity index (χ3v) is 4.64. The SMILES string of the molecule is Cc1ccc(N(c2ccc(CCO)cc2)c2ccc(C)c(C)c2)cc1. The fourth-order valence-corrected chi connectivity index (χ4v) is 2.95. The number of anilines is 3. The molecule has 0 radical (unpaired) electrons. The first-order chi connectivity index (χ1) is 12.1. The minimum absolute atomic E-state index is 0.179. The second-order valence-electron chi connectivity index (χ2n) is 6.58. The Balaban J connectivity index is 2.07. The number of hydrogen-bond acceptors (Lipinski definition) is 2. The minimum Gasteiger partial charge on any atom is -0.396 e. The van der Waals surface area contributed by atoms with Crippen molar-refractivity contribution in [3.8, 4) is 0 Å². The zero-order chi connectivity index (χ0) is 17.8. The number of aliphatic hydroxyl groups excluding tert-OH is 1. The van der Waals surface area contributed by atoms with E-state index in [0.717, 1.165) is 22.6 Å². The lowest BCUT2D eigenvalue weighted by Gasteiger charge is -2.26. The summed E-state index contributed by atoms with van der Waals surface area (Å²) in [6.45, 7) is 6.57. The highest BCUT2D eigenvalue weighted by atomic mass is 16.2. The molecule has 0 amide bonds. The first kappa shape index (κ1) is 17.2. The van der Waals surface area contributed by atoms with Gasteiger partial charge in [0.25, 0.3) is 0 Å². The Kier molecular flexibility index (Phi) is 5.20. The largest absolute Gasteiger partial charge is 0.396 e. The average Bonchev–Trinajstić information content (AvgIpc) is 2.62. The molecule has 2 heteroatoms. The monoisotopic (exact) mass is 331 g/mol. The Morgan fingerprint density at radius 2 is 1.24 bits per heavy atom. The Labute approximate surface area is 150 Å². The molecule has 2 nitrogen and oxygen atoms in total. The Hall–Kier alpha value is -2.58. The Morgan fingerprint density at radius 1 is 0.680 bits per heavy atom. The number of hydrogen-bond donors (Lipinski definition) is 1. The number of rotatable bonds is 5. The van der Waals surface area contributed by atoms with Gasteiger partial charge in [0.05, 0.1) is 0 Å². The molecule has 0 bridgehead atoms. The molecule has 3 rings (SSSR count). The van der Waals surface area contributed by atoms with Gasteiger partial charge in [-0.2, -0.15) is 0 Å². The number of aryl methyl sites for hydroxylation is 3. The van der Waals surface area contributed by atoms with E-state index < -0.39 is 0 Å². The molecule has 0 aromatic heterocycles. The molecule has 0 heterocycles. The van der Waals surface area contributed by atoms with Crippen LogP contribution in [-0.2, 0) is 6.42 Å². The summed E-state index contributed by atoms with van der Waals surface area (Å²) in [6.07, 6.45) is 0.689. The lowest BCUT2D eigenvalue weighted by Crippen LogP contribution is -2.10. The minimum atomic E-state index is 0.179. The third-order valence-electron chi connectivity index (χ3n) is 4.64. The van der Waals surface area contributed by atoms with Crippen molar-refractivity contribution >= 4 is 17.1 Å². The van der Waals surface area contributed by atoms with E-state index in [4.69, 9.17) is 5.11 Å². The standard InChI is InChI=1S/C23H25NO/c1-17-4-9-21(10-5-17)24(23-11-6-18(2)19(3)16-23)22-12-7-20(8-13-22)14-15-25/h4-13,16,25H,14-15H2,1-3H3. The molecule has 0 aliphatic heterocycles. The second-order valence-corrected chi connectivity index (χ2v) is 6.58. The van der Waals surface area contributed by atoms with Gasteiger partial charge < -0.3 is 10.0 Å². The van der Waals surface area contributed by atoms with Gasteiger partial charge >= 0.3 is 0 Å². The van der Waals surface area contributed by atoms with Crippen molar-refractivity contribution in [3.63, 3.8) is 0 Å². The van der Waals surface area contributed by atoms with E-state index in [1.165, 1.54) is 16.7 Å². The molecule has 128 valence electrons. The molecule has 3 aromatic carbocycles. The van der Waals surface area contributed by atoms with Crippen LogP contribution in [0.4, 0.5) is 17.1 Å². The molecular formula is C23H25NO. The van der Waals surface area contributed by atoms with Crippen LogP contribution < -0.4 is 4.90 Å². The van der Waals surface area contributed by atoms with Crippen molar-refractivity contribution in [1.82, 2.24) is 0 Å². The Morgan fingerprint density at radius 3 is 1.80 bits per heavy atom. The van der Waals surface area contributed by atoms with E-state index in [9.17, 15) is 0 Å². The first-order valence-electron chi connectivity index (χ1n) is 8.72. The molecule has 0 atom stereocenters. The van der Waals surface area contributed by atoms with Crippen LogP contribution in [0.25, 0.3) is 0 Å². The lowest BCUT2D eigenvalue weighted by atomic mass is 10.1. The van der Waals surface area contributed by atoms with Crippen LogP contribution in [-0.4, -0.2) is 11.7 Å². The summed E-state index contributed by atoms with van der Waals surface area (Å²) in [6, 6.07) is 23.6. The fourth-order valence-electron chi connectivity index (χ4n) is 2.95. The summed E-state index contributed by atoms with van der Waals surface area (Å²) in [5, 5.41) is 9.13. The van der Waals surface area contributed by atoms with Crippen LogP contribution in [0.5, 0.6) is 0 Å². The molecule has 0 fully saturated rings. The van der Waals surface area contributed by atoms with Crippen molar-refractivity contribution in [3.05, 3.63) is 89.0 Å². The van der Waals surface area contributed by atoms with E-state index in [1.54, 1.807) is 0 Å². The summed E-state index contributed by atoms with van der Waals surface area (Å²) in [5.41, 5.74) is 8.40. The molecule has 3 aromatic rings. The first-order valence-corrected chi connectivity index (χ1v) is 8.72. The highest BCUT2D eigenvalue weighted by molar-refractivity contribution is 5.77. The van der Waals surface area contributed by atoms with Crippen molar-refractivity contribution < 1.29 is 5.11 Å². The molecule has 0 spiro atoms. The van der Waals surface area contributed by atoms with E-state index in [0.29, 0.717) is 6.42 Å². The smallest absolute Gasteiger partial charge is 0.0471 e. The predicted octanol–water partition coefficient (Wildman–Crippen LogP) is 5.62. The normalized spacial score (nSPS) is 10.7. The maximum atomic E-state index is 9.13. The second kappa shape index (κ2) is 7.54. The summed E-state index contributed by atoms with van der Waals surface area (Å²) >= 11 is 0. The Bertz CT molecular complexity index is 835. The highest BCUT2D eigenvalue weighted by Crippen LogP contribution is 2.35. The van der Waals surface area contributed by atoms with Gasteiger partial charge in [-0.1, -0.05) is 35.9 Å². The van der Waals surface area contributed by atoms with Crippen molar-refractivity contribution in [2.45, 2.75) is 27.2 Å². The maximum absolute atomic E-state index is 9.13. The quantitative estimate of drug-likeness (QED) is 0.656. The van der Waals surface area contributed by atoms with Gasteiger partial charge in [0.2, 0.25) is 0 Å². The maximum Gasteiger partial charge on any atom is 0.0471 e. The molecule has 0 aliphatic rings. The summed E-state index contributed by atoms with van der Waals surface area (Å²) in [7, 11) is 0. The van der Waals surface area contributed by atoms with Crippen LogP contribution in [0.1, 0.15) is 22.3 Å². The zero-order valence-corrected chi connectivity index (χ0v) is 15.2. The van der Waals surface area contributed by atoms with Crippen molar-refractivity contribution in [2.24, 2.45) is 0 Å². The van der Waals surface area contributed by atoms with Crippen LogP contribution in [0.3, 0.4) is 0 Å². The third kappa shape index (κ3) is 3.92. The molecule has 0 saturated heterocycles. The van der Waals surface area contributed by atoms with Gasteiger partial charge in [0.1, 0.15) is 0 Å². The number of nitrogens with zero attached hydrogens (tertiary/aromatic N) is 1. The van der Waals surface area contributed by atoms with Crippen LogP contribution in [0, 0.1) is 20.8 Å². The van der Waals surface area contributed by atoms with Crippen LogP contribution in [0.15, 0.2) is 66.7 Å². The fraction of sp³-hybridized carbons (Fsp3) is 0.217. The van der Waals surface area contributed by atoms with Crippen molar-refractivity contribution in [1.29, 1.82) is 0 Å². The van der Waals surface area contributed by atoms with Crippen LogP contribution in [0.2, 0.25) is 0 Å². The van der Waals surface area contributed by atoms with E-state index in [2.05, 4.69) is 92.4 Å². The number of benzene rings is 3. The van der Waals surface area contributed by atoms with E-state index in [-0.39, 0.29) is 6.61 Å².